The predicted molar refractivity (Wildman–Crippen MR) is 117 cm³/mol. The van der Waals surface area contributed by atoms with E-state index in [-0.39, 0.29) is 11.9 Å². The molecule has 0 bridgehead atoms. The maximum Gasteiger partial charge on any atom is 0.259 e. The van der Waals surface area contributed by atoms with E-state index in [1.807, 2.05) is 48.7 Å². The second-order valence-corrected chi connectivity index (χ2v) is 8.05. The minimum Gasteiger partial charge on any atom is -0.345 e. The summed E-state index contributed by atoms with van der Waals surface area (Å²) in [4.78, 5) is 22.7. The fraction of sp³-hybridized carbons (Fsp3) is 0.136. The van der Waals surface area contributed by atoms with Gasteiger partial charge in [0.15, 0.2) is 0 Å². The van der Waals surface area contributed by atoms with Gasteiger partial charge in [-0.3, -0.25) is 4.79 Å². The van der Waals surface area contributed by atoms with Crippen LogP contribution < -0.4 is 5.32 Å². The molecule has 0 saturated carbocycles. The number of benzene rings is 1. The fourth-order valence-electron chi connectivity index (χ4n) is 3.44. The number of hydrogen-bond donors (Lipinski definition) is 1. The van der Waals surface area contributed by atoms with Crippen LogP contribution in [0.4, 0.5) is 0 Å². The Morgan fingerprint density at radius 3 is 2.77 bits per heavy atom. The Labute approximate surface area is 181 Å². The van der Waals surface area contributed by atoms with Gasteiger partial charge >= 0.3 is 0 Å². The van der Waals surface area contributed by atoms with Gasteiger partial charge in [-0.05, 0) is 49.1 Å². The van der Waals surface area contributed by atoms with Crippen LogP contribution in [0.1, 0.15) is 34.6 Å². The molecular weight excluding hydrogens is 412 g/mol. The molecule has 0 aliphatic heterocycles. The smallest absolute Gasteiger partial charge is 0.259 e. The summed E-state index contributed by atoms with van der Waals surface area (Å²) in [6.45, 7) is 3.75. The van der Waals surface area contributed by atoms with Gasteiger partial charge < -0.3 is 9.84 Å². The number of aromatic nitrogens is 5. The molecule has 9 heteroatoms. The molecule has 0 radical (unpaired) electrons. The van der Waals surface area contributed by atoms with Gasteiger partial charge in [-0.15, -0.1) is 11.3 Å². The number of pyridine rings is 1. The Hall–Kier alpha value is -3.85. The minimum absolute atomic E-state index is 0.203. The number of nitrogens with one attached hydrogen (secondary N) is 1. The number of carbonyl (C=O) groups excluding carboxylic acids is 1. The van der Waals surface area contributed by atoms with Crippen molar-refractivity contribution in [2.24, 2.45) is 0 Å². The van der Waals surface area contributed by atoms with Gasteiger partial charge in [0, 0.05) is 0 Å². The molecule has 0 spiro atoms. The van der Waals surface area contributed by atoms with Crippen LogP contribution in [0.25, 0.3) is 27.4 Å². The van der Waals surface area contributed by atoms with Crippen LogP contribution in [0, 0.1) is 6.92 Å². The zero-order valence-electron chi connectivity index (χ0n) is 16.8. The summed E-state index contributed by atoms with van der Waals surface area (Å²) in [6.07, 6.45) is 3.13. The van der Waals surface area contributed by atoms with Crippen molar-refractivity contribution in [1.29, 1.82) is 0 Å². The molecule has 4 aromatic heterocycles. The Morgan fingerprint density at radius 2 is 2.06 bits per heavy atom. The van der Waals surface area contributed by atoms with Gasteiger partial charge in [0.1, 0.15) is 12.7 Å². The third-order valence-corrected chi connectivity index (χ3v) is 5.95. The molecule has 0 fully saturated rings. The molecule has 31 heavy (non-hydrogen) atoms. The van der Waals surface area contributed by atoms with E-state index >= 15 is 0 Å². The highest BCUT2D eigenvalue weighted by Crippen LogP contribution is 2.29. The number of nitrogens with zero attached hydrogens (tertiary/aromatic N) is 5. The average Bonchev–Trinajstić information content (AvgIpc) is 3.56. The molecule has 4 heterocycles. The number of thiophene rings is 1. The standard InChI is InChI=1S/C22H18N6O2S/c1-13(15-5-7-16(8-6-15)28-12-23-11-24-28)25-21(29)17-10-18(19-4-3-9-31-19)26-22-20(17)14(2)27-30-22/h3-13H,1-2H3,(H,25,29)/t13-/m1/s1. The molecule has 5 rings (SSSR count). The Morgan fingerprint density at radius 1 is 1.23 bits per heavy atom. The third-order valence-electron chi connectivity index (χ3n) is 5.06. The minimum atomic E-state index is -0.204. The molecule has 8 nitrogen and oxygen atoms in total. The first-order chi connectivity index (χ1) is 15.1. The number of carbonyl (C=O) groups is 1. The van der Waals surface area contributed by atoms with E-state index in [9.17, 15) is 4.79 Å². The van der Waals surface area contributed by atoms with Crippen molar-refractivity contribution in [1.82, 2.24) is 30.2 Å². The molecule has 1 amide bonds. The van der Waals surface area contributed by atoms with Crippen molar-refractivity contribution >= 4 is 28.3 Å². The van der Waals surface area contributed by atoms with Crippen molar-refractivity contribution in [2.45, 2.75) is 19.9 Å². The molecule has 1 aromatic carbocycles. The topological polar surface area (TPSA) is 98.7 Å². The lowest BCUT2D eigenvalue weighted by Crippen LogP contribution is -2.27. The normalized spacial score (nSPS) is 12.2. The van der Waals surface area contributed by atoms with Crippen LogP contribution in [0.5, 0.6) is 0 Å². The highest BCUT2D eigenvalue weighted by Gasteiger charge is 2.21. The molecular formula is C22H18N6O2S. The quantitative estimate of drug-likeness (QED) is 0.446. The van der Waals surface area contributed by atoms with Crippen molar-refractivity contribution in [3.05, 3.63) is 77.3 Å². The largest absolute Gasteiger partial charge is 0.345 e. The molecule has 1 N–H and O–H groups in total. The first kappa shape index (κ1) is 19.1. The third kappa shape index (κ3) is 3.59. The fourth-order valence-corrected chi connectivity index (χ4v) is 4.13. The number of hydrogen-bond acceptors (Lipinski definition) is 7. The summed E-state index contributed by atoms with van der Waals surface area (Å²) in [5.74, 6) is -0.204. The van der Waals surface area contributed by atoms with Crippen molar-refractivity contribution in [2.75, 3.05) is 0 Å². The highest BCUT2D eigenvalue weighted by atomic mass is 32.1. The molecule has 0 aliphatic carbocycles. The average molecular weight is 430 g/mol. The second kappa shape index (κ2) is 7.77. The van der Waals surface area contributed by atoms with Gasteiger partial charge in [0.25, 0.3) is 11.6 Å². The lowest BCUT2D eigenvalue weighted by Gasteiger charge is -2.15. The summed E-state index contributed by atoms with van der Waals surface area (Å²) in [6, 6.07) is 13.3. The summed E-state index contributed by atoms with van der Waals surface area (Å²) in [5, 5.41) is 13.8. The first-order valence-corrected chi connectivity index (χ1v) is 10.5. The van der Waals surface area contributed by atoms with E-state index in [0.29, 0.717) is 28.1 Å². The molecule has 5 aromatic rings. The highest BCUT2D eigenvalue weighted by molar-refractivity contribution is 7.13. The summed E-state index contributed by atoms with van der Waals surface area (Å²) in [7, 11) is 0. The van der Waals surface area contributed by atoms with Crippen LogP contribution >= 0.6 is 11.3 Å². The van der Waals surface area contributed by atoms with Crippen LogP contribution in [0.15, 0.2) is 65.0 Å². The number of amides is 1. The number of aryl methyl sites for hydroxylation is 1. The Bertz CT molecular complexity index is 1340. The van der Waals surface area contributed by atoms with E-state index in [1.54, 1.807) is 35.3 Å². The van der Waals surface area contributed by atoms with E-state index in [0.717, 1.165) is 16.1 Å². The van der Waals surface area contributed by atoms with Crippen LogP contribution in [-0.4, -0.2) is 30.8 Å². The number of rotatable bonds is 5. The second-order valence-electron chi connectivity index (χ2n) is 7.11. The van der Waals surface area contributed by atoms with Crippen LogP contribution in [-0.2, 0) is 0 Å². The predicted octanol–water partition coefficient (Wildman–Crippen LogP) is 4.33. The lowest BCUT2D eigenvalue weighted by atomic mass is 10.1. The number of fused-ring (bicyclic) bond motifs is 1. The molecule has 0 unspecified atom stereocenters. The van der Waals surface area contributed by atoms with Gasteiger partial charge in [0.2, 0.25) is 0 Å². The van der Waals surface area contributed by atoms with Gasteiger partial charge in [0.05, 0.1) is 38.9 Å². The zero-order chi connectivity index (χ0) is 21.4. The van der Waals surface area contributed by atoms with Crippen LogP contribution in [0.2, 0.25) is 0 Å². The molecule has 1 atom stereocenters. The van der Waals surface area contributed by atoms with Crippen LogP contribution in [0.3, 0.4) is 0 Å². The summed E-state index contributed by atoms with van der Waals surface area (Å²) >= 11 is 1.55. The monoisotopic (exact) mass is 430 g/mol. The van der Waals surface area contributed by atoms with E-state index in [2.05, 4.69) is 25.5 Å². The molecule has 154 valence electrons. The summed E-state index contributed by atoms with van der Waals surface area (Å²) < 4.78 is 7.05. The van der Waals surface area contributed by atoms with E-state index < -0.39 is 0 Å². The maximum atomic E-state index is 13.2. The Kier molecular flexibility index (Phi) is 4.79. The van der Waals surface area contributed by atoms with Gasteiger partial charge in [-0.1, -0.05) is 23.4 Å². The lowest BCUT2D eigenvalue weighted by molar-refractivity contribution is 0.0941. The van der Waals surface area contributed by atoms with E-state index in [4.69, 9.17) is 4.52 Å². The maximum absolute atomic E-state index is 13.2. The SMILES string of the molecule is Cc1noc2nc(-c3cccs3)cc(C(=O)N[C@H](C)c3ccc(-n4cncn4)cc3)c12. The van der Waals surface area contributed by atoms with Crippen molar-refractivity contribution in [3.8, 4) is 16.3 Å². The molecule has 0 aliphatic rings. The van der Waals surface area contributed by atoms with Crippen molar-refractivity contribution < 1.29 is 9.32 Å². The van der Waals surface area contributed by atoms with Crippen molar-refractivity contribution in [3.63, 3.8) is 0 Å². The van der Waals surface area contributed by atoms with E-state index in [1.165, 1.54) is 6.33 Å². The zero-order valence-corrected chi connectivity index (χ0v) is 17.6. The Balaban J connectivity index is 1.44. The first-order valence-electron chi connectivity index (χ1n) is 9.67. The van der Waals surface area contributed by atoms with Gasteiger partial charge in [-0.2, -0.15) is 5.10 Å². The molecule has 0 saturated heterocycles. The van der Waals surface area contributed by atoms with Gasteiger partial charge in [-0.25, -0.2) is 14.6 Å². The summed E-state index contributed by atoms with van der Waals surface area (Å²) in [5.41, 5.74) is 4.06.